The number of hydrogen-bond acceptors (Lipinski definition) is 3. The molecule has 4 heteroatoms. The van der Waals surface area contributed by atoms with Crippen molar-refractivity contribution in [1.29, 1.82) is 0 Å². The van der Waals surface area contributed by atoms with Crippen molar-refractivity contribution in [3.8, 4) is 5.75 Å². The van der Waals surface area contributed by atoms with Crippen molar-refractivity contribution < 1.29 is 14.6 Å². The van der Waals surface area contributed by atoms with Gasteiger partial charge in [0, 0.05) is 0 Å². The van der Waals surface area contributed by atoms with Gasteiger partial charge < -0.3 is 15.2 Å². The Balaban J connectivity index is 3.10. The van der Waals surface area contributed by atoms with Gasteiger partial charge in [-0.3, -0.25) is 4.79 Å². The van der Waals surface area contributed by atoms with Crippen molar-refractivity contribution in [2.45, 2.75) is 39.2 Å². The van der Waals surface area contributed by atoms with Crippen LogP contribution in [0.25, 0.3) is 0 Å². The number of ether oxygens (including phenoxy) is 1. The fourth-order valence-electron chi connectivity index (χ4n) is 1.58. The Morgan fingerprint density at radius 1 is 1.39 bits per heavy atom. The van der Waals surface area contributed by atoms with E-state index in [0.717, 1.165) is 5.56 Å². The molecule has 1 unspecified atom stereocenters. The number of anilines is 1. The molecule has 100 valence electrons. The van der Waals surface area contributed by atoms with E-state index in [1.54, 1.807) is 14.0 Å². The summed E-state index contributed by atoms with van der Waals surface area (Å²) in [6, 6.07) is 5.14. The molecular formula is C14H21NO3. The van der Waals surface area contributed by atoms with Crippen LogP contribution in [-0.4, -0.2) is 24.2 Å². The summed E-state index contributed by atoms with van der Waals surface area (Å²) in [5.74, 6) is -0.241. The third-order valence-corrected chi connectivity index (χ3v) is 2.81. The van der Waals surface area contributed by atoms with Crippen molar-refractivity contribution >= 4 is 11.7 Å². The Hall–Kier alpha value is -1.71. The lowest BCUT2D eigenvalue weighted by atomic mass is 9.86. The van der Waals surface area contributed by atoms with Crippen molar-refractivity contribution in [3.63, 3.8) is 0 Å². The summed E-state index contributed by atoms with van der Waals surface area (Å²) >= 11 is 0. The number of carbonyl (C=O) groups is 1. The summed E-state index contributed by atoms with van der Waals surface area (Å²) in [6.45, 7) is 7.93. The van der Waals surface area contributed by atoms with Crippen LogP contribution in [0.1, 0.15) is 33.3 Å². The third-order valence-electron chi connectivity index (χ3n) is 2.81. The van der Waals surface area contributed by atoms with Gasteiger partial charge >= 0.3 is 5.97 Å². The number of benzene rings is 1. The topological polar surface area (TPSA) is 58.6 Å². The molecule has 0 heterocycles. The van der Waals surface area contributed by atoms with Crippen LogP contribution < -0.4 is 10.1 Å². The van der Waals surface area contributed by atoms with Gasteiger partial charge in [-0.15, -0.1) is 0 Å². The van der Waals surface area contributed by atoms with Gasteiger partial charge in [0.15, 0.2) is 0 Å². The molecule has 0 amide bonds. The largest absolute Gasteiger partial charge is 0.495 e. The molecule has 0 aromatic heterocycles. The van der Waals surface area contributed by atoms with Crippen LogP contribution in [0.4, 0.5) is 5.69 Å². The van der Waals surface area contributed by atoms with Crippen LogP contribution in [0.2, 0.25) is 0 Å². The Kier molecular flexibility index (Phi) is 4.22. The number of hydrogen-bond donors (Lipinski definition) is 2. The molecule has 0 aliphatic rings. The SMILES string of the molecule is COc1ccc(C(C)(C)C)cc1NC(C)C(=O)O. The van der Waals surface area contributed by atoms with E-state index in [0.29, 0.717) is 11.4 Å². The van der Waals surface area contributed by atoms with Gasteiger partial charge in [0.25, 0.3) is 0 Å². The van der Waals surface area contributed by atoms with E-state index in [4.69, 9.17) is 9.84 Å². The zero-order valence-corrected chi connectivity index (χ0v) is 11.6. The summed E-state index contributed by atoms with van der Waals surface area (Å²) in [7, 11) is 1.57. The fourth-order valence-corrected chi connectivity index (χ4v) is 1.58. The molecule has 4 nitrogen and oxygen atoms in total. The number of aliphatic carboxylic acids is 1. The Morgan fingerprint density at radius 2 is 2.00 bits per heavy atom. The van der Waals surface area contributed by atoms with E-state index in [-0.39, 0.29) is 5.41 Å². The lowest BCUT2D eigenvalue weighted by Gasteiger charge is -2.22. The molecule has 1 aromatic carbocycles. The maximum absolute atomic E-state index is 10.9. The lowest BCUT2D eigenvalue weighted by molar-refractivity contribution is -0.137. The van der Waals surface area contributed by atoms with Gasteiger partial charge in [-0.05, 0) is 30.0 Å². The molecule has 1 rings (SSSR count). The summed E-state index contributed by atoms with van der Waals surface area (Å²) in [4.78, 5) is 10.9. The zero-order valence-electron chi connectivity index (χ0n) is 11.6. The predicted octanol–water partition coefficient (Wildman–Crippen LogP) is 2.88. The van der Waals surface area contributed by atoms with Gasteiger partial charge in [-0.2, -0.15) is 0 Å². The van der Waals surface area contributed by atoms with Crippen LogP contribution in [-0.2, 0) is 10.2 Å². The number of carboxylic acids is 1. The van der Waals surface area contributed by atoms with E-state index in [1.165, 1.54) is 0 Å². The van der Waals surface area contributed by atoms with Gasteiger partial charge in [0.1, 0.15) is 11.8 Å². The number of nitrogens with one attached hydrogen (secondary N) is 1. The van der Waals surface area contributed by atoms with Crippen LogP contribution in [0.15, 0.2) is 18.2 Å². The highest BCUT2D eigenvalue weighted by molar-refractivity contribution is 5.78. The summed E-state index contributed by atoms with van der Waals surface area (Å²) in [5, 5.41) is 11.9. The minimum atomic E-state index is -0.891. The Morgan fingerprint density at radius 3 is 2.44 bits per heavy atom. The normalized spacial score (nSPS) is 12.9. The van der Waals surface area contributed by atoms with Gasteiger partial charge in [0.05, 0.1) is 12.8 Å². The fraction of sp³-hybridized carbons (Fsp3) is 0.500. The summed E-state index contributed by atoms with van der Waals surface area (Å²) < 4.78 is 5.24. The first kappa shape index (κ1) is 14.4. The average Bonchev–Trinajstić information content (AvgIpc) is 2.27. The molecule has 0 spiro atoms. The summed E-state index contributed by atoms with van der Waals surface area (Å²) in [5.41, 5.74) is 1.85. The van der Waals surface area contributed by atoms with Crippen molar-refractivity contribution in [3.05, 3.63) is 23.8 Å². The monoisotopic (exact) mass is 251 g/mol. The van der Waals surface area contributed by atoms with E-state index >= 15 is 0 Å². The highest BCUT2D eigenvalue weighted by Gasteiger charge is 2.18. The minimum Gasteiger partial charge on any atom is -0.495 e. The Bertz CT molecular complexity index is 435. The average molecular weight is 251 g/mol. The van der Waals surface area contributed by atoms with Crippen LogP contribution in [0.5, 0.6) is 5.75 Å². The first-order valence-corrected chi connectivity index (χ1v) is 5.93. The molecule has 1 atom stereocenters. The molecule has 1 aromatic rings. The highest BCUT2D eigenvalue weighted by Crippen LogP contribution is 2.31. The predicted molar refractivity (Wildman–Crippen MR) is 72.4 cm³/mol. The molecule has 0 aliphatic heterocycles. The molecule has 0 radical (unpaired) electrons. The van der Waals surface area contributed by atoms with Crippen LogP contribution >= 0.6 is 0 Å². The van der Waals surface area contributed by atoms with E-state index in [1.807, 2.05) is 18.2 Å². The van der Waals surface area contributed by atoms with E-state index in [2.05, 4.69) is 26.1 Å². The third kappa shape index (κ3) is 3.39. The van der Waals surface area contributed by atoms with Crippen LogP contribution in [0.3, 0.4) is 0 Å². The van der Waals surface area contributed by atoms with Gasteiger partial charge in [-0.1, -0.05) is 26.8 Å². The zero-order chi connectivity index (χ0) is 13.9. The lowest BCUT2D eigenvalue weighted by Crippen LogP contribution is -2.26. The maximum Gasteiger partial charge on any atom is 0.325 e. The Labute approximate surface area is 108 Å². The number of rotatable bonds is 4. The van der Waals surface area contributed by atoms with E-state index < -0.39 is 12.0 Å². The molecule has 0 saturated carbocycles. The standard InChI is InChI=1S/C14H21NO3/c1-9(13(16)17)15-11-8-10(14(2,3)4)6-7-12(11)18-5/h6-9,15H,1-5H3,(H,16,17). The second kappa shape index (κ2) is 5.29. The first-order valence-electron chi connectivity index (χ1n) is 5.93. The smallest absolute Gasteiger partial charge is 0.325 e. The summed E-state index contributed by atoms with van der Waals surface area (Å²) in [6.07, 6.45) is 0. The first-order chi connectivity index (χ1) is 8.25. The van der Waals surface area contributed by atoms with Crippen molar-refractivity contribution in [2.75, 3.05) is 12.4 Å². The number of carboxylic acid groups (broad SMARTS) is 1. The molecule has 18 heavy (non-hydrogen) atoms. The van der Waals surface area contributed by atoms with E-state index in [9.17, 15) is 4.79 Å². The van der Waals surface area contributed by atoms with Gasteiger partial charge in [0.2, 0.25) is 0 Å². The number of methoxy groups -OCH3 is 1. The quantitative estimate of drug-likeness (QED) is 0.864. The molecule has 0 aliphatic carbocycles. The second-order valence-corrected chi connectivity index (χ2v) is 5.37. The maximum atomic E-state index is 10.9. The molecule has 0 fully saturated rings. The second-order valence-electron chi connectivity index (χ2n) is 5.37. The molecule has 2 N–H and O–H groups in total. The van der Waals surface area contributed by atoms with Crippen LogP contribution in [0, 0.1) is 0 Å². The molecule has 0 bridgehead atoms. The molecular weight excluding hydrogens is 230 g/mol. The van der Waals surface area contributed by atoms with Crippen molar-refractivity contribution in [2.24, 2.45) is 0 Å². The highest BCUT2D eigenvalue weighted by atomic mass is 16.5. The van der Waals surface area contributed by atoms with Crippen molar-refractivity contribution in [1.82, 2.24) is 0 Å². The minimum absolute atomic E-state index is 0.00909. The van der Waals surface area contributed by atoms with Gasteiger partial charge in [-0.25, -0.2) is 0 Å². The molecule has 0 saturated heterocycles.